The number of hydrogen-bond donors (Lipinski definition) is 0. The van der Waals surface area contributed by atoms with Crippen molar-refractivity contribution >= 4 is 28.8 Å². The smallest absolute Gasteiger partial charge is 0.242 e. The molecule has 0 aromatic carbocycles. The van der Waals surface area contributed by atoms with Crippen LogP contribution in [0.3, 0.4) is 0 Å². The van der Waals surface area contributed by atoms with Crippen molar-refractivity contribution in [1.82, 2.24) is 9.80 Å². The van der Waals surface area contributed by atoms with Gasteiger partial charge in [-0.2, -0.15) is 0 Å². The quantitative estimate of drug-likeness (QED) is 0.846. The Hall–Kier alpha value is -1.40. The zero-order valence-corrected chi connectivity index (χ0v) is 14.9. The normalized spacial score (nSPS) is 25.0. The van der Waals surface area contributed by atoms with Crippen LogP contribution >= 0.6 is 11.3 Å². The van der Waals surface area contributed by atoms with E-state index in [0.717, 1.165) is 31.6 Å². The van der Waals surface area contributed by atoms with Gasteiger partial charge in [0.2, 0.25) is 11.8 Å². The number of nitrogens with zero attached hydrogens (tertiary/aromatic N) is 3. The van der Waals surface area contributed by atoms with Gasteiger partial charge in [0.15, 0.2) is 0 Å². The first-order valence-electron chi connectivity index (χ1n) is 8.28. The van der Waals surface area contributed by atoms with Crippen molar-refractivity contribution in [1.29, 1.82) is 0 Å². The van der Waals surface area contributed by atoms with Crippen molar-refractivity contribution in [2.45, 2.75) is 32.2 Å². The number of anilines is 1. The highest BCUT2D eigenvalue weighted by Crippen LogP contribution is 2.31. The van der Waals surface area contributed by atoms with Gasteiger partial charge in [-0.25, -0.2) is 0 Å². The van der Waals surface area contributed by atoms with E-state index in [1.54, 1.807) is 16.2 Å². The second-order valence-electron chi connectivity index (χ2n) is 6.87. The molecule has 1 aromatic heterocycles. The number of carbonyl (C=O) groups excluding carboxylic acids is 2. The monoisotopic (exact) mass is 335 g/mol. The summed E-state index contributed by atoms with van der Waals surface area (Å²) in [6.45, 7) is 3.90. The third-order valence-electron chi connectivity index (χ3n) is 4.99. The Balaban J connectivity index is 1.72. The summed E-state index contributed by atoms with van der Waals surface area (Å²) in [5.41, 5.74) is 0.947. The molecule has 0 bridgehead atoms. The van der Waals surface area contributed by atoms with E-state index in [1.807, 2.05) is 16.3 Å². The van der Waals surface area contributed by atoms with Crippen LogP contribution in [0.15, 0.2) is 11.4 Å². The van der Waals surface area contributed by atoms with Gasteiger partial charge in [0.1, 0.15) is 6.54 Å². The molecule has 1 fully saturated rings. The molecule has 2 atom stereocenters. The summed E-state index contributed by atoms with van der Waals surface area (Å²) in [4.78, 5) is 32.2. The molecule has 1 saturated heterocycles. The molecule has 2 aliphatic heterocycles. The number of fused-ring (bicyclic) bond motifs is 1. The maximum absolute atomic E-state index is 12.7. The fraction of sp³-hybridized carbons (Fsp3) is 0.647. The minimum Gasteiger partial charge on any atom is -0.339 e. The number of likely N-dealkylation sites (N-methyl/N-ethyl adjacent to an activating group) is 1. The Bertz CT molecular complexity index is 598. The average Bonchev–Trinajstić information content (AvgIpc) is 3.08. The molecule has 3 heterocycles. The number of likely N-dealkylation sites (tertiary alicyclic amines) is 1. The van der Waals surface area contributed by atoms with Crippen molar-refractivity contribution in [2.75, 3.05) is 38.6 Å². The molecule has 0 saturated carbocycles. The maximum atomic E-state index is 12.7. The fourth-order valence-electron chi connectivity index (χ4n) is 3.66. The number of amides is 2. The first-order valence-corrected chi connectivity index (χ1v) is 9.16. The Kier molecular flexibility index (Phi) is 4.73. The van der Waals surface area contributed by atoms with Crippen LogP contribution in [-0.4, -0.2) is 61.4 Å². The van der Waals surface area contributed by atoms with Crippen molar-refractivity contribution in [2.24, 2.45) is 5.92 Å². The van der Waals surface area contributed by atoms with E-state index in [9.17, 15) is 9.59 Å². The highest BCUT2D eigenvalue weighted by Gasteiger charge is 2.35. The number of carbonyl (C=O) groups is 2. The van der Waals surface area contributed by atoms with E-state index in [4.69, 9.17) is 0 Å². The summed E-state index contributed by atoms with van der Waals surface area (Å²) < 4.78 is 0. The molecule has 5 nitrogen and oxygen atoms in total. The second kappa shape index (κ2) is 6.61. The molecule has 0 spiro atoms. The van der Waals surface area contributed by atoms with E-state index < -0.39 is 0 Å². The molecule has 0 radical (unpaired) electrons. The summed E-state index contributed by atoms with van der Waals surface area (Å²) in [5.74, 6) is 0.603. The summed E-state index contributed by atoms with van der Waals surface area (Å²) >= 11 is 1.68. The van der Waals surface area contributed by atoms with E-state index in [-0.39, 0.29) is 18.4 Å². The Morgan fingerprint density at radius 2 is 2.13 bits per heavy atom. The van der Waals surface area contributed by atoms with Crippen molar-refractivity contribution in [3.05, 3.63) is 16.3 Å². The number of thiophene rings is 1. The Morgan fingerprint density at radius 3 is 2.83 bits per heavy atom. The van der Waals surface area contributed by atoms with Gasteiger partial charge in [0.25, 0.3) is 0 Å². The lowest BCUT2D eigenvalue weighted by molar-refractivity contribution is -0.130. The fourth-order valence-corrected chi connectivity index (χ4v) is 4.59. The van der Waals surface area contributed by atoms with Crippen LogP contribution < -0.4 is 4.90 Å². The van der Waals surface area contributed by atoms with Crippen LogP contribution in [0.25, 0.3) is 0 Å². The molecule has 23 heavy (non-hydrogen) atoms. The van der Waals surface area contributed by atoms with Gasteiger partial charge >= 0.3 is 0 Å². The number of hydrogen-bond acceptors (Lipinski definition) is 4. The summed E-state index contributed by atoms with van der Waals surface area (Å²) in [7, 11) is 4.12. The number of rotatable bonds is 3. The highest BCUT2D eigenvalue weighted by atomic mass is 32.1. The van der Waals surface area contributed by atoms with Crippen LogP contribution in [0.1, 0.15) is 24.6 Å². The van der Waals surface area contributed by atoms with Gasteiger partial charge in [0.05, 0.1) is 5.69 Å². The average molecular weight is 335 g/mol. The predicted octanol–water partition coefficient (Wildman–Crippen LogP) is 1.83. The minimum absolute atomic E-state index is 0.0635. The zero-order chi connectivity index (χ0) is 16.6. The molecular formula is C17H25N3O2S. The minimum atomic E-state index is 0.0635. The van der Waals surface area contributed by atoms with Crippen LogP contribution in [0.4, 0.5) is 5.69 Å². The lowest BCUT2D eigenvalue weighted by atomic mass is 10.1. The third-order valence-corrected chi connectivity index (χ3v) is 5.96. The lowest BCUT2D eigenvalue weighted by Crippen LogP contribution is -2.43. The van der Waals surface area contributed by atoms with Gasteiger partial charge in [-0.15, -0.1) is 11.3 Å². The molecule has 126 valence electrons. The van der Waals surface area contributed by atoms with E-state index >= 15 is 0 Å². The molecule has 0 unspecified atom stereocenters. The second-order valence-corrected chi connectivity index (χ2v) is 7.87. The topological polar surface area (TPSA) is 43.9 Å². The maximum Gasteiger partial charge on any atom is 0.242 e. The van der Waals surface area contributed by atoms with Crippen molar-refractivity contribution in [3.63, 3.8) is 0 Å². The number of aryl methyl sites for hydroxylation is 1. The first-order chi connectivity index (χ1) is 11.0. The van der Waals surface area contributed by atoms with Gasteiger partial charge < -0.3 is 14.7 Å². The third kappa shape index (κ3) is 3.28. The predicted molar refractivity (Wildman–Crippen MR) is 92.8 cm³/mol. The van der Waals surface area contributed by atoms with Crippen LogP contribution in [0.5, 0.6) is 0 Å². The van der Waals surface area contributed by atoms with Gasteiger partial charge in [-0.1, -0.05) is 6.92 Å². The largest absolute Gasteiger partial charge is 0.339 e. The SMILES string of the molecule is C[C@H]1CN(C(=O)CN2C(=O)CCCc3sccc32)C[C@@H]1N(C)C. The van der Waals surface area contributed by atoms with E-state index in [1.165, 1.54) is 4.88 Å². The molecule has 2 aliphatic rings. The molecule has 3 rings (SSSR count). The van der Waals surface area contributed by atoms with Crippen LogP contribution in [-0.2, 0) is 16.0 Å². The lowest BCUT2D eigenvalue weighted by Gasteiger charge is -2.25. The summed E-state index contributed by atoms with van der Waals surface area (Å²) in [5, 5.41) is 2.01. The standard InChI is InChI=1S/C17H25N3O2S/c1-12-9-19(10-14(12)18(2)3)17(22)11-20-13-7-8-23-15(13)5-4-6-16(20)21/h7-8,12,14H,4-6,9-11H2,1-3H3/t12-,14-/m0/s1. The first kappa shape index (κ1) is 16.5. The van der Waals surface area contributed by atoms with Crippen LogP contribution in [0.2, 0.25) is 0 Å². The Morgan fingerprint density at radius 1 is 1.35 bits per heavy atom. The molecule has 0 aliphatic carbocycles. The van der Waals surface area contributed by atoms with Crippen molar-refractivity contribution < 1.29 is 9.59 Å². The van der Waals surface area contributed by atoms with Gasteiger partial charge in [-0.3, -0.25) is 9.59 Å². The van der Waals surface area contributed by atoms with Crippen molar-refractivity contribution in [3.8, 4) is 0 Å². The summed E-state index contributed by atoms with van der Waals surface area (Å²) in [6.07, 6.45) is 2.35. The molecule has 1 aromatic rings. The highest BCUT2D eigenvalue weighted by molar-refractivity contribution is 7.10. The van der Waals surface area contributed by atoms with Gasteiger partial charge in [-0.05, 0) is 44.3 Å². The van der Waals surface area contributed by atoms with Crippen LogP contribution in [0, 0.1) is 5.92 Å². The molecule has 2 amide bonds. The molecule has 0 N–H and O–H groups in total. The van der Waals surface area contributed by atoms with E-state index in [2.05, 4.69) is 25.9 Å². The molecular weight excluding hydrogens is 310 g/mol. The zero-order valence-electron chi connectivity index (χ0n) is 14.1. The summed E-state index contributed by atoms with van der Waals surface area (Å²) in [6, 6.07) is 2.38. The Labute approximate surface area is 141 Å². The van der Waals surface area contributed by atoms with E-state index in [0.29, 0.717) is 18.4 Å². The molecule has 6 heteroatoms. The van der Waals surface area contributed by atoms with Gasteiger partial charge in [0, 0.05) is 30.4 Å².